The summed E-state index contributed by atoms with van der Waals surface area (Å²) < 4.78 is 29.4. The number of fused-ring (bicyclic) bond motifs is 1. The Morgan fingerprint density at radius 1 is 0.867 bits per heavy atom. The van der Waals surface area contributed by atoms with Crippen LogP contribution in [-0.4, -0.2) is 14.3 Å². The first-order chi connectivity index (χ1) is 14.2. The number of nitrogens with one attached hydrogen (secondary N) is 2. The second kappa shape index (κ2) is 7.38. The SMILES string of the molecule is Cc1ccc([C@@H](NS(=O)(=O)c2ccc(C)cc2)[C@]2(C)C(=O)Nc3ccccc32)cc1. The van der Waals surface area contributed by atoms with Gasteiger partial charge in [0.1, 0.15) is 0 Å². The minimum Gasteiger partial charge on any atom is -0.325 e. The largest absolute Gasteiger partial charge is 0.325 e. The topological polar surface area (TPSA) is 75.3 Å². The fourth-order valence-electron chi connectivity index (χ4n) is 3.92. The summed E-state index contributed by atoms with van der Waals surface area (Å²) >= 11 is 0. The van der Waals surface area contributed by atoms with Gasteiger partial charge in [-0.3, -0.25) is 4.79 Å². The molecule has 30 heavy (non-hydrogen) atoms. The molecule has 2 atom stereocenters. The van der Waals surface area contributed by atoms with Crippen LogP contribution >= 0.6 is 0 Å². The van der Waals surface area contributed by atoms with Crippen LogP contribution in [0.15, 0.2) is 77.7 Å². The van der Waals surface area contributed by atoms with E-state index in [2.05, 4.69) is 10.0 Å². The molecule has 0 saturated heterocycles. The number of sulfonamides is 1. The first kappa shape index (κ1) is 20.3. The van der Waals surface area contributed by atoms with E-state index in [9.17, 15) is 13.2 Å². The van der Waals surface area contributed by atoms with E-state index < -0.39 is 21.5 Å². The zero-order valence-corrected chi connectivity index (χ0v) is 18.0. The van der Waals surface area contributed by atoms with E-state index in [0.29, 0.717) is 5.69 Å². The molecule has 0 aromatic heterocycles. The summed E-state index contributed by atoms with van der Waals surface area (Å²) in [5.74, 6) is -0.235. The van der Waals surface area contributed by atoms with E-state index in [0.717, 1.165) is 22.3 Å². The monoisotopic (exact) mass is 420 g/mol. The highest BCUT2D eigenvalue weighted by Gasteiger charge is 2.50. The zero-order valence-electron chi connectivity index (χ0n) is 17.1. The van der Waals surface area contributed by atoms with E-state index in [1.165, 1.54) is 0 Å². The second-order valence-corrected chi connectivity index (χ2v) is 9.69. The van der Waals surface area contributed by atoms with E-state index in [1.54, 1.807) is 31.2 Å². The van der Waals surface area contributed by atoms with E-state index >= 15 is 0 Å². The maximum atomic E-state index is 13.3. The molecule has 0 spiro atoms. The van der Waals surface area contributed by atoms with Crippen LogP contribution in [0, 0.1) is 13.8 Å². The number of hydrogen-bond acceptors (Lipinski definition) is 3. The molecule has 1 amide bonds. The lowest BCUT2D eigenvalue weighted by Gasteiger charge is -2.33. The van der Waals surface area contributed by atoms with Crippen molar-refractivity contribution in [3.8, 4) is 0 Å². The number of carbonyl (C=O) groups is 1. The first-order valence-corrected chi connectivity index (χ1v) is 11.3. The Morgan fingerprint density at radius 2 is 1.43 bits per heavy atom. The van der Waals surface area contributed by atoms with E-state index in [1.807, 2.05) is 62.4 Å². The van der Waals surface area contributed by atoms with Crippen molar-refractivity contribution >= 4 is 21.6 Å². The van der Waals surface area contributed by atoms with Crippen LogP contribution in [0.2, 0.25) is 0 Å². The number of anilines is 1. The number of benzene rings is 3. The number of aryl methyl sites for hydroxylation is 2. The lowest BCUT2D eigenvalue weighted by atomic mass is 9.74. The van der Waals surface area contributed by atoms with Gasteiger partial charge in [0.05, 0.1) is 16.4 Å². The summed E-state index contributed by atoms with van der Waals surface area (Å²) in [6.07, 6.45) is 0. The van der Waals surface area contributed by atoms with E-state index in [4.69, 9.17) is 0 Å². The molecule has 0 radical (unpaired) electrons. The van der Waals surface area contributed by atoms with Gasteiger partial charge >= 0.3 is 0 Å². The Kier molecular flexibility index (Phi) is 5.00. The summed E-state index contributed by atoms with van der Waals surface area (Å²) in [7, 11) is -3.87. The predicted octanol–water partition coefficient (Wildman–Crippen LogP) is 4.23. The summed E-state index contributed by atoms with van der Waals surface area (Å²) in [6, 6.07) is 20.9. The third kappa shape index (κ3) is 3.42. The molecule has 1 aliphatic heterocycles. The van der Waals surface area contributed by atoms with Crippen LogP contribution in [0.4, 0.5) is 5.69 Å². The van der Waals surface area contributed by atoms with Crippen molar-refractivity contribution in [2.24, 2.45) is 0 Å². The Morgan fingerprint density at radius 3 is 2.07 bits per heavy atom. The van der Waals surface area contributed by atoms with Crippen LogP contribution in [0.5, 0.6) is 0 Å². The Hall–Kier alpha value is -2.96. The third-order valence-electron chi connectivity index (χ3n) is 5.80. The summed E-state index contributed by atoms with van der Waals surface area (Å²) in [5, 5.41) is 2.91. The average molecular weight is 421 g/mol. The van der Waals surface area contributed by atoms with Crippen LogP contribution in [0.3, 0.4) is 0 Å². The molecule has 6 heteroatoms. The van der Waals surface area contributed by atoms with Crippen molar-refractivity contribution in [1.82, 2.24) is 4.72 Å². The molecule has 1 heterocycles. The summed E-state index contributed by atoms with van der Waals surface area (Å²) in [4.78, 5) is 13.3. The highest BCUT2D eigenvalue weighted by Crippen LogP contribution is 2.46. The van der Waals surface area contributed by atoms with Gasteiger partial charge < -0.3 is 5.32 Å². The smallest absolute Gasteiger partial charge is 0.241 e. The number of amides is 1. The van der Waals surface area contributed by atoms with Crippen molar-refractivity contribution in [2.75, 3.05) is 5.32 Å². The average Bonchev–Trinajstić information content (AvgIpc) is 2.98. The molecule has 5 nitrogen and oxygen atoms in total. The standard InChI is InChI=1S/C24H24N2O3S/c1-16-8-12-18(13-9-16)22(26-30(28,29)19-14-10-17(2)11-15-19)24(3)20-6-4-5-7-21(20)25-23(24)27/h4-15,22,26H,1-3H3,(H,25,27)/t22-,24-/m1/s1. The van der Waals surface area contributed by atoms with Crippen LogP contribution < -0.4 is 10.0 Å². The van der Waals surface area contributed by atoms with Gasteiger partial charge in [-0.25, -0.2) is 13.1 Å². The lowest BCUT2D eigenvalue weighted by Crippen LogP contribution is -2.46. The Labute approximate surface area is 177 Å². The maximum absolute atomic E-state index is 13.3. The number of hydrogen-bond donors (Lipinski definition) is 2. The molecule has 1 aliphatic rings. The predicted molar refractivity (Wildman–Crippen MR) is 118 cm³/mol. The molecule has 0 bridgehead atoms. The highest BCUT2D eigenvalue weighted by atomic mass is 32.2. The number of carbonyl (C=O) groups excluding carboxylic acids is 1. The molecule has 154 valence electrons. The molecule has 3 aromatic rings. The normalized spacial score (nSPS) is 19.2. The minimum atomic E-state index is -3.87. The molecule has 0 saturated carbocycles. The highest BCUT2D eigenvalue weighted by molar-refractivity contribution is 7.89. The van der Waals surface area contributed by atoms with E-state index in [-0.39, 0.29) is 10.8 Å². The fourth-order valence-corrected chi connectivity index (χ4v) is 5.24. The quantitative estimate of drug-likeness (QED) is 0.649. The van der Waals surface area contributed by atoms with Gasteiger partial charge in [-0.05, 0) is 50.1 Å². The molecular formula is C24H24N2O3S. The van der Waals surface area contributed by atoms with Gasteiger partial charge in [-0.15, -0.1) is 0 Å². The van der Waals surface area contributed by atoms with Crippen LogP contribution in [0.1, 0.15) is 35.2 Å². The van der Waals surface area contributed by atoms with Crippen molar-refractivity contribution < 1.29 is 13.2 Å². The fraction of sp³-hybridized carbons (Fsp3) is 0.208. The van der Waals surface area contributed by atoms with Crippen molar-refractivity contribution in [3.63, 3.8) is 0 Å². The molecule has 4 rings (SSSR count). The van der Waals surface area contributed by atoms with Crippen molar-refractivity contribution in [3.05, 3.63) is 95.1 Å². The van der Waals surface area contributed by atoms with Gasteiger partial charge in [0.15, 0.2) is 0 Å². The van der Waals surface area contributed by atoms with Gasteiger partial charge in [0, 0.05) is 5.69 Å². The molecule has 2 N–H and O–H groups in total. The van der Waals surface area contributed by atoms with Crippen molar-refractivity contribution in [1.29, 1.82) is 0 Å². The van der Waals surface area contributed by atoms with Gasteiger partial charge in [0.25, 0.3) is 0 Å². The lowest BCUT2D eigenvalue weighted by molar-refractivity contribution is -0.121. The summed E-state index contributed by atoms with van der Waals surface area (Å²) in [6.45, 7) is 5.66. The van der Waals surface area contributed by atoms with Gasteiger partial charge in [0.2, 0.25) is 15.9 Å². The molecule has 0 fully saturated rings. The van der Waals surface area contributed by atoms with Crippen LogP contribution in [0.25, 0.3) is 0 Å². The van der Waals surface area contributed by atoms with Gasteiger partial charge in [-0.1, -0.05) is 65.7 Å². The second-order valence-electron chi connectivity index (χ2n) is 7.98. The first-order valence-electron chi connectivity index (χ1n) is 9.78. The molecule has 0 unspecified atom stereocenters. The number of rotatable bonds is 5. The summed E-state index contributed by atoms with van der Waals surface area (Å²) in [5.41, 5.74) is 3.12. The Balaban J connectivity index is 1.85. The van der Waals surface area contributed by atoms with Crippen LogP contribution in [-0.2, 0) is 20.2 Å². The van der Waals surface area contributed by atoms with Gasteiger partial charge in [-0.2, -0.15) is 0 Å². The zero-order chi connectivity index (χ0) is 21.5. The number of para-hydroxylation sites is 1. The molecule has 0 aliphatic carbocycles. The minimum absolute atomic E-state index is 0.167. The van der Waals surface area contributed by atoms with Crippen molar-refractivity contribution in [2.45, 2.75) is 37.1 Å². The molecule has 3 aromatic carbocycles. The molecular weight excluding hydrogens is 396 g/mol. The Bertz CT molecular complexity index is 1200. The maximum Gasteiger partial charge on any atom is 0.241 e. The third-order valence-corrected chi connectivity index (χ3v) is 7.24.